The predicted molar refractivity (Wildman–Crippen MR) is 336 cm³/mol. The summed E-state index contributed by atoms with van der Waals surface area (Å²) in [5.41, 5.74) is 13.8. The van der Waals surface area contributed by atoms with Crippen molar-refractivity contribution >= 4 is 41.4 Å². The van der Waals surface area contributed by atoms with E-state index in [1.807, 2.05) is 0 Å². The molecule has 0 bridgehead atoms. The zero-order valence-electron chi connectivity index (χ0n) is 53.8. The van der Waals surface area contributed by atoms with Crippen molar-refractivity contribution in [3.63, 3.8) is 0 Å². The van der Waals surface area contributed by atoms with Gasteiger partial charge in [-0.05, 0) is 28.8 Å². The van der Waals surface area contributed by atoms with Gasteiger partial charge < -0.3 is 138 Å². The molecule has 6 aliphatic rings. The number of hydrogen-bond acceptors (Lipinski definition) is 32. The number of nitrogens with zero attached hydrogens (tertiary/aromatic N) is 1. The second kappa shape index (κ2) is 34.7. The van der Waals surface area contributed by atoms with E-state index in [4.69, 9.17) is 39.9 Å². The number of esters is 1. The average molecular weight is 1420 g/mol. The molecule has 0 aromatic heterocycles. The van der Waals surface area contributed by atoms with Crippen LogP contribution in [0.2, 0.25) is 0 Å². The molecule has 6 fully saturated rings. The number of carbonyl (C=O) groups excluding carboxylic acids is 7. The number of aliphatic hydroxyl groups excluding tert-OH is 13. The van der Waals surface area contributed by atoms with Gasteiger partial charge in [0.1, 0.15) is 141 Å². The van der Waals surface area contributed by atoms with E-state index in [9.17, 15) is 90.4 Å². The third-order valence-electron chi connectivity index (χ3n) is 18.3. The molecule has 26 N–H and O–H groups in total. The average Bonchev–Trinajstić information content (AvgIpc) is 1.62. The Morgan fingerprint density at radius 3 is 1.82 bits per heavy atom. The number of aliphatic hydroxyl groups is 13. The van der Waals surface area contributed by atoms with Gasteiger partial charge in [0.2, 0.25) is 41.7 Å². The van der Waals surface area contributed by atoms with Gasteiger partial charge in [0.15, 0.2) is 6.29 Å². The zero-order valence-corrected chi connectivity index (χ0v) is 53.8. The molecule has 100 heavy (non-hydrogen) atoms. The largest absolute Gasteiger partial charge is 0.463 e. The van der Waals surface area contributed by atoms with Gasteiger partial charge >= 0.3 is 5.97 Å². The van der Waals surface area contributed by atoms with Crippen LogP contribution in [0.4, 0.5) is 0 Å². The number of ether oxygens (including phenoxy) is 6. The topological polar surface area (TPSA) is 601 Å². The van der Waals surface area contributed by atoms with Gasteiger partial charge in [-0.2, -0.15) is 0 Å². The number of amides is 6. The molecular weight excluding hydrogens is 1330 g/mol. The SMILES string of the molecule is C[C@@H](c1ccccc1)[C@@H]1NC(=O)CNC(=O)[C@H](CO)NC(=O)[C@@H]([C@@H](O)[C@@H]2CNC(N)N2[C@H]2O[C@H](CO)[C@@H](O)[C@H](O)[C@@H]2O)NC(=O)[C@H]([C@@H](O)[C@@H]2CNC(N)N2)NC(=O)[C@@H](Cc2ccc(O[C@H]3O[C@H](CO)[C@@H](O[C@H]4O[C@H](COC(=O)Cc5ccccc5)[C@@H](O)[C@H](O)[C@@H]4O)[C@H](O)[C@@H]3O)cc2)NC1=O. The summed E-state index contributed by atoms with van der Waals surface area (Å²) in [4.78, 5) is 101. The van der Waals surface area contributed by atoms with Crippen LogP contribution in [0.1, 0.15) is 29.5 Å². The smallest absolute Gasteiger partial charge is 0.310 e. The van der Waals surface area contributed by atoms with Crippen molar-refractivity contribution in [1.29, 1.82) is 0 Å². The lowest BCUT2D eigenvalue weighted by Gasteiger charge is -2.47. The van der Waals surface area contributed by atoms with Gasteiger partial charge in [0, 0.05) is 25.4 Å². The van der Waals surface area contributed by atoms with Crippen LogP contribution in [0.5, 0.6) is 5.75 Å². The fraction of sp³-hybridized carbons (Fsp3) is 0.597. The van der Waals surface area contributed by atoms with E-state index in [0.717, 1.165) is 4.90 Å². The van der Waals surface area contributed by atoms with Crippen molar-refractivity contribution in [1.82, 2.24) is 52.8 Å². The molecule has 3 aromatic carbocycles. The Balaban J connectivity index is 0.977. The van der Waals surface area contributed by atoms with E-state index in [2.05, 4.69) is 47.9 Å². The highest BCUT2D eigenvalue weighted by Gasteiger charge is 2.55. The van der Waals surface area contributed by atoms with Crippen molar-refractivity contribution in [2.75, 3.05) is 46.1 Å². The first-order chi connectivity index (χ1) is 47.7. The predicted octanol–water partition coefficient (Wildman–Crippen LogP) is -12.8. The summed E-state index contributed by atoms with van der Waals surface area (Å²) in [7, 11) is 0. The van der Waals surface area contributed by atoms with Crippen LogP contribution in [0.3, 0.4) is 0 Å². The molecule has 6 amide bonds. The summed E-state index contributed by atoms with van der Waals surface area (Å²) in [6, 6.07) is 9.68. The highest BCUT2D eigenvalue weighted by Crippen LogP contribution is 2.33. The van der Waals surface area contributed by atoms with Gasteiger partial charge in [0.25, 0.3) is 0 Å². The number of rotatable bonds is 20. The Morgan fingerprint density at radius 2 is 1.17 bits per heavy atom. The molecule has 0 aliphatic carbocycles. The van der Waals surface area contributed by atoms with Crippen LogP contribution in [0.15, 0.2) is 84.9 Å². The lowest BCUT2D eigenvalue weighted by molar-refractivity contribution is -0.352. The molecule has 0 radical (unpaired) electrons. The first-order valence-corrected chi connectivity index (χ1v) is 32.3. The Kier molecular flexibility index (Phi) is 26.7. The number of hydrogen-bond donors (Lipinski definition) is 24. The summed E-state index contributed by atoms with van der Waals surface area (Å²) in [6.45, 7) is -3.44. The lowest BCUT2D eigenvalue weighted by Crippen LogP contribution is -2.70. The van der Waals surface area contributed by atoms with E-state index in [1.165, 1.54) is 24.3 Å². The minimum atomic E-state index is -2.31. The minimum Gasteiger partial charge on any atom is -0.463 e. The Bertz CT molecular complexity index is 3230. The zero-order chi connectivity index (χ0) is 72.4. The molecule has 2 unspecified atom stereocenters. The van der Waals surface area contributed by atoms with Crippen LogP contribution in [0, 0.1) is 0 Å². The molecule has 27 atom stereocenters. The Labute approximate surface area is 570 Å². The molecular formula is C62H88N12O26. The first kappa shape index (κ1) is 77.0. The number of nitrogens with two attached hydrogens (primary N) is 2. The summed E-state index contributed by atoms with van der Waals surface area (Å²) in [6.07, 6.45) is -34.4. The fourth-order valence-corrected chi connectivity index (χ4v) is 12.5. The maximum Gasteiger partial charge on any atom is 0.310 e. The minimum absolute atomic E-state index is 0.0814. The molecule has 6 saturated heterocycles. The van der Waals surface area contributed by atoms with Gasteiger partial charge in [-0.1, -0.05) is 79.7 Å². The summed E-state index contributed by atoms with van der Waals surface area (Å²) in [5.74, 6) is -8.93. The normalized spacial score (nSPS) is 37.0. The highest BCUT2D eigenvalue weighted by atomic mass is 16.7. The highest BCUT2D eigenvalue weighted by molar-refractivity contribution is 5.98. The maximum atomic E-state index is 15.2. The monoisotopic (exact) mass is 1420 g/mol. The van der Waals surface area contributed by atoms with Crippen molar-refractivity contribution < 1.29 is 128 Å². The van der Waals surface area contributed by atoms with Crippen LogP contribution in [-0.2, 0) is 70.1 Å². The molecule has 0 saturated carbocycles. The van der Waals surface area contributed by atoms with Gasteiger partial charge in [-0.15, -0.1) is 0 Å². The van der Waals surface area contributed by atoms with Gasteiger partial charge in [-0.25, -0.2) is 4.90 Å². The van der Waals surface area contributed by atoms with Crippen molar-refractivity contribution in [3.05, 3.63) is 102 Å². The van der Waals surface area contributed by atoms with Crippen LogP contribution >= 0.6 is 0 Å². The maximum absolute atomic E-state index is 15.2. The number of nitrogens with one attached hydrogen (secondary N) is 9. The van der Waals surface area contributed by atoms with Gasteiger partial charge in [0.05, 0.1) is 51.0 Å². The van der Waals surface area contributed by atoms with E-state index >= 15 is 9.59 Å². The molecule has 6 heterocycles. The fourth-order valence-electron chi connectivity index (χ4n) is 12.5. The molecule has 6 aliphatic heterocycles. The van der Waals surface area contributed by atoms with E-state index in [0.29, 0.717) is 11.1 Å². The summed E-state index contributed by atoms with van der Waals surface area (Å²) in [5, 5.41) is 166. The molecule has 9 rings (SSSR count). The van der Waals surface area contributed by atoms with Crippen LogP contribution in [-0.4, -0.2) is 318 Å². The lowest BCUT2D eigenvalue weighted by atomic mass is 9.92. The summed E-state index contributed by atoms with van der Waals surface area (Å²) < 4.78 is 34.3. The third-order valence-corrected chi connectivity index (χ3v) is 18.3. The second-order valence-electron chi connectivity index (χ2n) is 25.1. The van der Waals surface area contributed by atoms with Crippen molar-refractivity contribution in [3.8, 4) is 5.75 Å². The van der Waals surface area contributed by atoms with Crippen LogP contribution < -0.4 is 64.1 Å². The third kappa shape index (κ3) is 18.2. The first-order valence-electron chi connectivity index (χ1n) is 32.3. The number of carbonyl (C=O) groups is 7. The molecule has 38 heteroatoms. The number of benzene rings is 3. The molecule has 0 spiro atoms. The summed E-state index contributed by atoms with van der Waals surface area (Å²) >= 11 is 0. The van der Waals surface area contributed by atoms with Crippen LogP contribution in [0.25, 0.3) is 0 Å². The van der Waals surface area contributed by atoms with E-state index in [1.54, 1.807) is 67.6 Å². The quantitative estimate of drug-likeness (QED) is 0.0467. The second-order valence-corrected chi connectivity index (χ2v) is 25.1. The standard InChI is InChI=1S/C62H88N12O26/c1-25(28-10-6-3-7-11-28)39-55(92)68-30(16-27-12-14-29(15-13-27)96-59-51(89)48(86)52(35(23-77)98-59)100-60-50(88)47(85)45(83)36(99-60)24-95-38(79)17-26-8-4-2-5-9-26)54(91)72-40(42(80)31-18-66-61(63)70-31)57(94)73-41(56(93)69-32(21-75)53(90)65-20-37(78)71-39)43(81)33-19-67-62(64)74(33)58-49(87)46(84)44(82)34(22-76)97-58/h2-15,25,30-36,39-52,58-62,66-67,70,75-77,80-89H,16-24,63-64H2,1H3,(H,65,90)(H,68,92)(H,69,93)(H,71,78)(H,72,91)(H,73,94)/t25-,30+,31-,32-,33-,34+,35+,36+,39-,40-,41+,42-,43-,44+,45+,46-,47-,48+,49-,50-,51-,52+,58-,59-,60+,61?,62?/m0/s1. The Morgan fingerprint density at radius 1 is 0.580 bits per heavy atom. The van der Waals surface area contributed by atoms with Crippen molar-refractivity contribution in [2.45, 2.75) is 185 Å². The van der Waals surface area contributed by atoms with Gasteiger partial charge in [-0.3, -0.25) is 49.5 Å². The van der Waals surface area contributed by atoms with E-state index in [-0.39, 0.29) is 24.3 Å². The Hall–Kier alpha value is -7.17. The van der Waals surface area contributed by atoms with Crippen molar-refractivity contribution in [2.24, 2.45) is 11.5 Å². The van der Waals surface area contributed by atoms with E-state index < -0.39 is 252 Å². The molecule has 3 aromatic rings. The molecule has 38 nitrogen and oxygen atoms in total. The molecule has 552 valence electrons.